The Balaban J connectivity index is 2.85. The minimum atomic E-state index is 0.400. The molecule has 0 saturated heterocycles. The molecule has 0 aliphatic rings. The van der Waals surface area contributed by atoms with Crippen molar-refractivity contribution < 1.29 is 0 Å². The molecule has 2 aromatic rings. The van der Waals surface area contributed by atoms with Crippen LogP contribution in [0.4, 0.5) is 0 Å². The number of hydrogen-bond donors (Lipinski definition) is 0. The third-order valence-electron chi connectivity index (χ3n) is 1.66. The van der Waals surface area contributed by atoms with Crippen LogP contribution >= 0.6 is 0 Å². The number of hydrogen-bond acceptors (Lipinski definition) is 3. The summed E-state index contributed by atoms with van der Waals surface area (Å²) in [5.41, 5.74) is 2.09. The van der Waals surface area contributed by atoms with Gasteiger partial charge in [0.05, 0.1) is 0 Å². The molecule has 0 aromatic carbocycles. The second-order valence-electron chi connectivity index (χ2n) is 2.50. The van der Waals surface area contributed by atoms with E-state index in [0.29, 0.717) is 11.3 Å². The Morgan fingerprint density at radius 2 is 2.42 bits per heavy atom. The molecule has 0 N–H and O–H groups in total. The highest BCUT2D eigenvalue weighted by Gasteiger charge is 2.01. The van der Waals surface area contributed by atoms with Gasteiger partial charge in [-0.1, -0.05) is 0 Å². The van der Waals surface area contributed by atoms with E-state index in [2.05, 4.69) is 10.1 Å². The predicted molar refractivity (Wildman–Crippen MR) is 42.4 cm³/mol. The fourth-order valence-electron chi connectivity index (χ4n) is 1.07. The zero-order valence-corrected chi connectivity index (χ0v) is 6.52. The van der Waals surface area contributed by atoms with Crippen LogP contribution in [0.25, 0.3) is 5.65 Å². The van der Waals surface area contributed by atoms with E-state index < -0.39 is 0 Å². The van der Waals surface area contributed by atoms with Crippen molar-refractivity contribution >= 4 is 5.65 Å². The first-order valence-corrected chi connectivity index (χ1v) is 3.53. The highest BCUT2D eigenvalue weighted by atomic mass is 15.3. The lowest BCUT2D eigenvalue weighted by Crippen LogP contribution is -1.93. The molecule has 2 heterocycles. The summed E-state index contributed by atoms with van der Waals surface area (Å²) in [5, 5.41) is 12.6. The van der Waals surface area contributed by atoms with Crippen LogP contribution in [-0.2, 0) is 0 Å². The Labute approximate surface area is 69.1 Å². The Morgan fingerprint density at radius 3 is 3.08 bits per heavy atom. The van der Waals surface area contributed by atoms with Gasteiger partial charge in [-0.3, -0.25) is 0 Å². The average molecular weight is 158 g/mol. The van der Waals surface area contributed by atoms with Gasteiger partial charge in [-0.25, -0.2) is 9.50 Å². The van der Waals surface area contributed by atoms with Crippen molar-refractivity contribution in [1.29, 1.82) is 5.26 Å². The summed E-state index contributed by atoms with van der Waals surface area (Å²) in [6, 6.07) is 5.48. The summed E-state index contributed by atoms with van der Waals surface area (Å²) in [5.74, 6) is 0. The molecule has 2 rings (SSSR count). The summed E-state index contributed by atoms with van der Waals surface area (Å²) in [6.07, 6.45) is 1.70. The number of aromatic nitrogens is 3. The summed E-state index contributed by atoms with van der Waals surface area (Å²) in [4.78, 5) is 4.06. The number of nitriles is 1. The van der Waals surface area contributed by atoms with Gasteiger partial charge >= 0.3 is 0 Å². The van der Waals surface area contributed by atoms with Gasteiger partial charge in [-0.2, -0.15) is 10.4 Å². The van der Waals surface area contributed by atoms with Gasteiger partial charge in [-0.15, -0.1) is 0 Å². The molecule has 0 saturated carbocycles. The molecule has 58 valence electrons. The molecular weight excluding hydrogens is 152 g/mol. The molecule has 0 aliphatic heterocycles. The zero-order chi connectivity index (χ0) is 8.55. The van der Waals surface area contributed by atoms with Crippen molar-refractivity contribution in [3.05, 3.63) is 29.7 Å². The first-order chi connectivity index (χ1) is 5.81. The number of rotatable bonds is 0. The molecule has 12 heavy (non-hydrogen) atoms. The molecule has 0 spiro atoms. The van der Waals surface area contributed by atoms with Gasteiger partial charge in [0.25, 0.3) is 0 Å². The quantitative estimate of drug-likeness (QED) is 0.572. The van der Waals surface area contributed by atoms with Crippen LogP contribution in [0.1, 0.15) is 11.4 Å². The van der Waals surface area contributed by atoms with Crippen molar-refractivity contribution in [3.63, 3.8) is 0 Å². The van der Waals surface area contributed by atoms with E-state index in [1.54, 1.807) is 16.8 Å². The Kier molecular flexibility index (Phi) is 1.31. The van der Waals surface area contributed by atoms with Crippen LogP contribution in [0.2, 0.25) is 0 Å². The van der Waals surface area contributed by atoms with E-state index in [4.69, 9.17) is 5.26 Å². The van der Waals surface area contributed by atoms with Crippen molar-refractivity contribution in [3.8, 4) is 6.07 Å². The van der Waals surface area contributed by atoms with Crippen LogP contribution < -0.4 is 0 Å². The standard InChI is InChI=1S/C8H6N4/c1-6-2-3-10-8-4-7(5-9)11-12(6)8/h2-4H,1H3. The first kappa shape index (κ1) is 6.80. The van der Waals surface area contributed by atoms with E-state index in [9.17, 15) is 0 Å². The van der Waals surface area contributed by atoms with Gasteiger partial charge < -0.3 is 0 Å². The van der Waals surface area contributed by atoms with Crippen molar-refractivity contribution in [2.24, 2.45) is 0 Å². The molecule has 4 nitrogen and oxygen atoms in total. The normalized spacial score (nSPS) is 10.0. The van der Waals surface area contributed by atoms with Crippen molar-refractivity contribution in [2.75, 3.05) is 0 Å². The monoisotopic (exact) mass is 158 g/mol. The van der Waals surface area contributed by atoms with Crippen LogP contribution in [0, 0.1) is 18.3 Å². The lowest BCUT2D eigenvalue weighted by Gasteiger charge is -1.94. The smallest absolute Gasteiger partial charge is 0.165 e. The molecule has 0 aliphatic carbocycles. The van der Waals surface area contributed by atoms with Crippen LogP contribution in [0.3, 0.4) is 0 Å². The van der Waals surface area contributed by atoms with Gasteiger partial charge in [-0.05, 0) is 13.0 Å². The zero-order valence-electron chi connectivity index (χ0n) is 6.52. The third-order valence-corrected chi connectivity index (χ3v) is 1.66. The topological polar surface area (TPSA) is 54.0 Å². The lowest BCUT2D eigenvalue weighted by molar-refractivity contribution is 0.888. The van der Waals surface area contributed by atoms with Gasteiger partial charge in [0.1, 0.15) is 6.07 Å². The molecule has 2 aromatic heterocycles. The molecule has 0 atom stereocenters. The number of nitrogens with zero attached hydrogens (tertiary/aromatic N) is 4. The van der Waals surface area contributed by atoms with Crippen LogP contribution in [-0.4, -0.2) is 14.6 Å². The fourth-order valence-corrected chi connectivity index (χ4v) is 1.07. The van der Waals surface area contributed by atoms with E-state index in [-0.39, 0.29) is 0 Å². The minimum Gasteiger partial charge on any atom is -0.237 e. The maximum absolute atomic E-state index is 8.58. The molecule has 0 amide bonds. The third kappa shape index (κ3) is 0.839. The number of fused-ring (bicyclic) bond motifs is 1. The van der Waals surface area contributed by atoms with Gasteiger partial charge in [0, 0.05) is 18.0 Å². The van der Waals surface area contributed by atoms with Crippen LogP contribution in [0.5, 0.6) is 0 Å². The van der Waals surface area contributed by atoms with Crippen molar-refractivity contribution in [1.82, 2.24) is 14.6 Å². The molecule has 0 unspecified atom stereocenters. The first-order valence-electron chi connectivity index (χ1n) is 3.53. The fraction of sp³-hybridized carbons (Fsp3) is 0.125. The molecule has 0 fully saturated rings. The average Bonchev–Trinajstić information content (AvgIpc) is 2.49. The Morgan fingerprint density at radius 1 is 1.58 bits per heavy atom. The molecule has 4 heteroatoms. The lowest BCUT2D eigenvalue weighted by atomic mass is 10.4. The van der Waals surface area contributed by atoms with Crippen molar-refractivity contribution in [2.45, 2.75) is 6.92 Å². The summed E-state index contributed by atoms with van der Waals surface area (Å²) in [6.45, 7) is 1.92. The maximum Gasteiger partial charge on any atom is 0.165 e. The summed E-state index contributed by atoms with van der Waals surface area (Å²) in [7, 11) is 0. The summed E-state index contributed by atoms with van der Waals surface area (Å²) < 4.78 is 1.65. The Hall–Kier alpha value is -1.89. The summed E-state index contributed by atoms with van der Waals surface area (Å²) >= 11 is 0. The van der Waals surface area contributed by atoms with E-state index in [1.165, 1.54) is 0 Å². The maximum atomic E-state index is 8.58. The largest absolute Gasteiger partial charge is 0.237 e. The SMILES string of the molecule is Cc1ccnc2cc(C#N)nn12. The Bertz CT molecular complexity index is 463. The van der Waals surface area contributed by atoms with Crippen LogP contribution in [0.15, 0.2) is 18.3 Å². The van der Waals surface area contributed by atoms with E-state index in [1.807, 2.05) is 19.1 Å². The molecule has 0 bridgehead atoms. The van der Waals surface area contributed by atoms with Gasteiger partial charge in [0.2, 0.25) is 0 Å². The highest BCUT2D eigenvalue weighted by Crippen LogP contribution is 2.04. The molecule has 0 radical (unpaired) electrons. The van der Waals surface area contributed by atoms with E-state index >= 15 is 0 Å². The molecular formula is C8H6N4. The highest BCUT2D eigenvalue weighted by molar-refractivity contribution is 5.43. The minimum absolute atomic E-state index is 0.400. The number of aryl methyl sites for hydroxylation is 1. The second kappa shape index (κ2) is 2.31. The van der Waals surface area contributed by atoms with E-state index in [0.717, 1.165) is 5.69 Å². The second-order valence-corrected chi connectivity index (χ2v) is 2.50. The van der Waals surface area contributed by atoms with Gasteiger partial charge in [0.15, 0.2) is 11.3 Å². The predicted octanol–water partition coefficient (Wildman–Crippen LogP) is 0.909.